The lowest BCUT2D eigenvalue weighted by atomic mass is 9.89. The van der Waals surface area contributed by atoms with E-state index < -0.39 is 0 Å². The number of alkyl halides is 1. The van der Waals surface area contributed by atoms with Crippen molar-refractivity contribution in [2.45, 2.75) is 45.4 Å². The largest absolute Gasteiger partial charge is 0.113 e. The molecule has 0 fully saturated rings. The van der Waals surface area contributed by atoms with Crippen LogP contribution in [0, 0.1) is 0 Å². The first-order valence-electron chi connectivity index (χ1n) is 7.65. The molecule has 0 N–H and O–H groups in total. The van der Waals surface area contributed by atoms with Crippen molar-refractivity contribution in [1.82, 2.24) is 0 Å². The fourth-order valence-corrected chi connectivity index (χ4v) is 3.57. The Labute approximate surface area is 138 Å². The number of rotatable bonds is 5. The number of hydrogen-bond acceptors (Lipinski definition) is 0. The maximum absolute atomic E-state index is 6.82. The van der Waals surface area contributed by atoms with E-state index in [4.69, 9.17) is 23.2 Å². The van der Waals surface area contributed by atoms with E-state index in [0.29, 0.717) is 0 Å². The molecule has 1 atom stereocenters. The van der Waals surface area contributed by atoms with E-state index >= 15 is 0 Å². The predicted molar refractivity (Wildman–Crippen MR) is 93.7 cm³/mol. The molecule has 0 amide bonds. The first-order valence-corrected chi connectivity index (χ1v) is 8.46. The SMILES string of the molecule is CCc1cc(CC)c(C(Cl)c2ccccc2Cl)c(CC)c1. The van der Waals surface area contributed by atoms with Crippen LogP contribution in [-0.2, 0) is 19.3 Å². The number of halogens is 2. The second-order valence-corrected chi connectivity index (χ2v) is 6.12. The topological polar surface area (TPSA) is 0 Å². The molecule has 0 saturated heterocycles. The second-order valence-electron chi connectivity index (χ2n) is 5.27. The van der Waals surface area contributed by atoms with E-state index in [1.807, 2.05) is 24.3 Å². The monoisotopic (exact) mass is 320 g/mol. The Morgan fingerprint density at radius 2 is 1.48 bits per heavy atom. The summed E-state index contributed by atoms with van der Waals surface area (Å²) >= 11 is 13.1. The van der Waals surface area contributed by atoms with E-state index in [1.54, 1.807) is 0 Å². The van der Waals surface area contributed by atoms with Gasteiger partial charge in [0.25, 0.3) is 0 Å². The van der Waals surface area contributed by atoms with Crippen LogP contribution in [0.15, 0.2) is 36.4 Å². The summed E-state index contributed by atoms with van der Waals surface area (Å²) < 4.78 is 0. The van der Waals surface area contributed by atoms with Gasteiger partial charge < -0.3 is 0 Å². The van der Waals surface area contributed by atoms with Crippen molar-refractivity contribution in [1.29, 1.82) is 0 Å². The normalized spacial score (nSPS) is 12.4. The van der Waals surface area contributed by atoms with E-state index in [9.17, 15) is 0 Å². The van der Waals surface area contributed by atoms with Gasteiger partial charge in [0, 0.05) is 5.02 Å². The molecule has 21 heavy (non-hydrogen) atoms. The van der Waals surface area contributed by atoms with E-state index in [0.717, 1.165) is 29.8 Å². The van der Waals surface area contributed by atoms with Crippen LogP contribution in [0.5, 0.6) is 0 Å². The van der Waals surface area contributed by atoms with Crippen molar-refractivity contribution in [3.8, 4) is 0 Å². The summed E-state index contributed by atoms with van der Waals surface area (Å²) in [5, 5.41) is 0.552. The van der Waals surface area contributed by atoms with Crippen molar-refractivity contribution < 1.29 is 0 Å². The Bertz CT molecular complexity index is 592. The van der Waals surface area contributed by atoms with E-state index in [1.165, 1.54) is 22.3 Å². The highest BCUT2D eigenvalue weighted by Gasteiger charge is 2.20. The van der Waals surface area contributed by atoms with E-state index in [2.05, 4.69) is 32.9 Å². The van der Waals surface area contributed by atoms with Gasteiger partial charge in [0.2, 0.25) is 0 Å². The molecular formula is C19H22Cl2. The Balaban J connectivity index is 2.59. The van der Waals surface area contributed by atoms with Crippen LogP contribution in [0.4, 0.5) is 0 Å². The molecule has 112 valence electrons. The standard InChI is InChI=1S/C19H22Cl2/c1-4-13-11-14(5-2)18(15(6-3)12-13)19(21)16-9-7-8-10-17(16)20/h7-12,19H,4-6H2,1-3H3. The van der Waals surface area contributed by atoms with Gasteiger partial charge in [0.05, 0.1) is 5.38 Å². The highest BCUT2D eigenvalue weighted by Crippen LogP contribution is 2.38. The lowest BCUT2D eigenvalue weighted by Gasteiger charge is -2.21. The van der Waals surface area contributed by atoms with Gasteiger partial charge in [-0.3, -0.25) is 0 Å². The van der Waals surface area contributed by atoms with Crippen molar-refractivity contribution in [2.24, 2.45) is 0 Å². The Morgan fingerprint density at radius 1 is 0.905 bits per heavy atom. The van der Waals surface area contributed by atoms with Gasteiger partial charge in [-0.25, -0.2) is 0 Å². The van der Waals surface area contributed by atoms with Crippen LogP contribution >= 0.6 is 23.2 Å². The van der Waals surface area contributed by atoms with Gasteiger partial charge >= 0.3 is 0 Å². The summed E-state index contributed by atoms with van der Waals surface area (Å²) in [6.07, 6.45) is 3.03. The van der Waals surface area contributed by atoms with Gasteiger partial charge in [-0.05, 0) is 53.1 Å². The third kappa shape index (κ3) is 3.44. The van der Waals surface area contributed by atoms with Crippen LogP contribution in [0.2, 0.25) is 5.02 Å². The summed E-state index contributed by atoms with van der Waals surface area (Å²) in [4.78, 5) is 0. The minimum Gasteiger partial charge on any atom is -0.113 e. The highest BCUT2D eigenvalue weighted by molar-refractivity contribution is 6.33. The van der Waals surface area contributed by atoms with Crippen molar-refractivity contribution in [3.05, 3.63) is 69.2 Å². The molecule has 0 heterocycles. The Hall–Kier alpha value is -0.980. The minimum atomic E-state index is -0.186. The maximum atomic E-state index is 6.82. The average Bonchev–Trinajstić information content (AvgIpc) is 2.53. The molecule has 0 spiro atoms. The molecule has 0 saturated carbocycles. The van der Waals surface area contributed by atoms with Crippen LogP contribution in [0.3, 0.4) is 0 Å². The van der Waals surface area contributed by atoms with Gasteiger partial charge in [-0.1, -0.05) is 62.7 Å². The zero-order valence-corrected chi connectivity index (χ0v) is 14.4. The number of benzene rings is 2. The van der Waals surface area contributed by atoms with Crippen LogP contribution in [0.25, 0.3) is 0 Å². The molecule has 2 rings (SSSR count). The molecular weight excluding hydrogens is 299 g/mol. The quantitative estimate of drug-likeness (QED) is 0.562. The number of aryl methyl sites for hydroxylation is 3. The minimum absolute atomic E-state index is 0.186. The molecule has 0 bridgehead atoms. The van der Waals surface area contributed by atoms with Crippen LogP contribution in [-0.4, -0.2) is 0 Å². The van der Waals surface area contributed by atoms with Crippen molar-refractivity contribution in [3.63, 3.8) is 0 Å². The van der Waals surface area contributed by atoms with Gasteiger partial charge in [0.15, 0.2) is 0 Å². The molecule has 0 aliphatic carbocycles. The summed E-state index contributed by atoms with van der Waals surface area (Å²) in [6, 6.07) is 12.4. The highest BCUT2D eigenvalue weighted by atomic mass is 35.5. The van der Waals surface area contributed by atoms with Crippen molar-refractivity contribution in [2.75, 3.05) is 0 Å². The first-order chi connectivity index (χ1) is 10.1. The average molecular weight is 321 g/mol. The second kappa shape index (κ2) is 7.33. The fourth-order valence-electron chi connectivity index (χ4n) is 2.80. The zero-order chi connectivity index (χ0) is 15.4. The molecule has 0 aliphatic rings. The molecule has 2 aromatic rings. The van der Waals surface area contributed by atoms with Crippen LogP contribution in [0.1, 0.15) is 54.0 Å². The maximum Gasteiger partial charge on any atom is 0.0855 e. The third-order valence-corrected chi connectivity index (χ3v) is 4.81. The number of hydrogen-bond donors (Lipinski definition) is 0. The lowest BCUT2D eigenvalue weighted by Crippen LogP contribution is -2.05. The van der Waals surface area contributed by atoms with Crippen LogP contribution < -0.4 is 0 Å². The molecule has 1 unspecified atom stereocenters. The molecule has 2 heteroatoms. The predicted octanol–water partition coefficient (Wildman–Crippen LogP) is 6.36. The summed E-state index contributed by atoms with van der Waals surface area (Å²) in [6.45, 7) is 6.57. The zero-order valence-electron chi connectivity index (χ0n) is 12.9. The van der Waals surface area contributed by atoms with E-state index in [-0.39, 0.29) is 5.38 Å². The smallest absolute Gasteiger partial charge is 0.0855 e. The lowest BCUT2D eigenvalue weighted by molar-refractivity contribution is 0.964. The van der Waals surface area contributed by atoms with Gasteiger partial charge in [-0.2, -0.15) is 0 Å². The summed E-state index contributed by atoms with van der Waals surface area (Å²) in [5.74, 6) is 0. The molecule has 2 aromatic carbocycles. The molecule has 0 aliphatic heterocycles. The van der Waals surface area contributed by atoms with Gasteiger partial charge in [-0.15, -0.1) is 11.6 Å². The first kappa shape index (κ1) is 16.4. The molecule has 0 aromatic heterocycles. The summed E-state index contributed by atoms with van der Waals surface area (Å²) in [7, 11) is 0. The summed E-state index contributed by atoms with van der Waals surface area (Å²) in [5.41, 5.74) is 6.30. The molecule has 0 nitrogen and oxygen atoms in total. The third-order valence-electron chi connectivity index (χ3n) is 4.01. The molecule has 0 radical (unpaired) electrons. The van der Waals surface area contributed by atoms with Gasteiger partial charge in [0.1, 0.15) is 0 Å². The fraction of sp³-hybridized carbons (Fsp3) is 0.368. The van der Waals surface area contributed by atoms with Crippen molar-refractivity contribution >= 4 is 23.2 Å². The Kier molecular flexibility index (Phi) is 5.72. The Morgan fingerprint density at radius 3 is 1.95 bits per heavy atom.